The summed E-state index contributed by atoms with van der Waals surface area (Å²) >= 11 is 0. The summed E-state index contributed by atoms with van der Waals surface area (Å²) in [6, 6.07) is 5.73. The van der Waals surface area contributed by atoms with Crippen LogP contribution < -0.4 is 5.32 Å². The molecule has 3 amide bonds. The van der Waals surface area contributed by atoms with Crippen molar-refractivity contribution in [2.45, 2.75) is 52.0 Å². The lowest BCUT2D eigenvalue weighted by Gasteiger charge is -2.28. The number of amides is 3. The fourth-order valence-electron chi connectivity index (χ4n) is 3.25. The quantitative estimate of drug-likeness (QED) is 0.484. The fourth-order valence-corrected chi connectivity index (χ4v) is 3.25. The number of carbonyl (C=O) groups excluding carboxylic acids is 3. The number of nitrogens with one attached hydrogen (secondary N) is 1. The van der Waals surface area contributed by atoms with Crippen molar-refractivity contribution in [2.75, 3.05) is 6.54 Å². The zero-order chi connectivity index (χ0) is 20.0. The van der Waals surface area contributed by atoms with E-state index in [0.29, 0.717) is 24.1 Å². The van der Waals surface area contributed by atoms with E-state index in [4.69, 9.17) is 5.11 Å². The molecule has 0 radical (unpaired) electrons. The van der Waals surface area contributed by atoms with Crippen LogP contribution in [0.4, 0.5) is 0 Å². The van der Waals surface area contributed by atoms with Gasteiger partial charge in [0.15, 0.2) is 0 Å². The molecule has 0 saturated carbocycles. The molecule has 1 unspecified atom stereocenters. The fraction of sp³-hybridized carbons (Fsp3) is 0.500. The van der Waals surface area contributed by atoms with Crippen LogP contribution in [-0.4, -0.2) is 46.3 Å². The van der Waals surface area contributed by atoms with Crippen LogP contribution in [0, 0.1) is 5.92 Å². The molecule has 0 fully saturated rings. The van der Waals surface area contributed by atoms with E-state index in [1.54, 1.807) is 38.1 Å². The first-order valence-corrected chi connectivity index (χ1v) is 9.31. The number of carboxylic acids is 1. The number of imide groups is 1. The van der Waals surface area contributed by atoms with Gasteiger partial charge in [0, 0.05) is 13.0 Å². The first kappa shape index (κ1) is 20.6. The third kappa shape index (κ3) is 4.93. The Morgan fingerprint density at radius 1 is 1.00 bits per heavy atom. The van der Waals surface area contributed by atoms with Crippen LogP contribution in [0.1, 0.15) is 66.7 Å². The Morgan fingerprint density at radius 3 is 2.07 bits per heavy atom. The van der Waals surface area contributed by atoms with E-state index in [9.17, 15) is 19.2 Å². The van der Waals surface area contributed by atoms with Crippen LogP contribution in [0.5, 0.6) is 0 Å². The number of benzene rings is 1. The smallest absolute Gasteiger partial charge is 0.303 e. The molecular formula is C20H26N2O5. The molecule has 7 nitrogen and oxygen atoms in total. The minimum atomic E-state index is -0.857. The van der Waals surface area contributed by atoms with E-state index >= 15 is 0 Å². The molecule has 1 aromatic rings. The van der Waals surface area contributed by atoms with Crippen LogP contribution in [0.3, 0.4) is 0 Å². The van der Waals surface area contributed by atoms with Crippen molar-refractivity contribution in [3.8, 4) is 0 Å². The highest BCUT2D eigenvalue weighted by Gasteiger charge is 2.43. The molecule has 0 aliphatic carbocycles. The minimum absolute atomic E-state index is 0.154. The van der Waals surface area contributed by atoms with Crippen LogP contribution in [-0.2, 0) is 9.59 Å². The van der Waals surface area contributed by atoms with E-state index < -0.39 is 23.8 Å². The molecule has 1 aromatic carbocycles. The Balaban J connectivity index is 1.92. The average Bonchev–Trinajstić information content (AvgIpc) is 2.86. The predicted octanol–water partition coefficient (Wildman–Crippen LogP) is 2.46. The summed E-state index contributed by atoms with van der Waals surface area (Å²) in [4.78, 5) is 49.5. The zero-order valence-corrected chi connectivity index (χ0v) is 15.7. The molecule has 1 heterocycles. The van der Waals surface area contributed by atoms with Crippen molar-refractivity contribution in [3.63, 3.8) is 0 Å². The number of fused-ring (bicyclic) bond motifs is 1. The molecule has 0 aromatic heterocycles. The van der Waals surface area contributed by atoms with Crippen molar-refractivity contribution in [1.82, 2.24) is 10.2 Å². The summed E-state index contributed by atoms with van der Waals surface area (Å²) in [5.41, 5.74) is 0.666. The summed E-state index contributed by atoms with van der Waals surface area (Å²) < 4.78 is 0. The highest BCUT2D eigenvalue weighted by Crippen LogP contribution is 2.27. The van der Waals surface area contributed by atoms with E-state index in [1.807, 2.05) is 0 Å². The molecule has 27 heavy (non-hydrogen) atoms. The Labute approximate surface area is 158 Å². The SMILES string of the molecule is CC(C)C(C(=O)NCCCCCCC(=O)O)N1C(=O)c2ccccc2C1=O. The van der Waals surface area contributed by atoms with Crippen LogP contribution in [0.25, 0.3) is 0 Å². The molecule has 0 bridgehead atoms. The van der Waals surface area contributed by atoms with E-state index in [0.717, 1.165) is 24.2 Å². The van der Waals surface area contributed by atoms with Gasteiger partial charge in [0.25, 0.3) is 11.8 Å². The monoisotopic (exact) mass is 374 g/mol. The maximum absolute atomic E-state index is 12.7. The Morgan fingerprint density at radius 2 is 1.56 bits per heavy atom. The lowest BCUT2D eigenvalue weighted by atomic mass is 10.0. The summed E-state index contributed by atoms with van der Waals surface area (Å²) in [6.07, 6.45) is 3.09. The van der Waals surface area contributed by atoms with Gasteiger partial charge in [-0.3, -0.25) is 24.1 Å². The molecular weight excluding hydrogens is 348 g/mol. The van der Waals surface area contributed by atoms with Gasteiger partial charge in [0.1, 0.15) is 6.04 Å². The van der Waals surface area contributed by atoms with Gasteiger partial charge in [0.2, 0.25) is 5.91 Å². The molecule has 2 N–H and O–H groups in total. The van der Waals surface area contributed by atoms with Gasteiger partial charge in [-0.15, -0.1) is 0 Å². The number of hydrogen-bond acceptors (Lipinski definition) is 4. The van der Waals surface area contributed by atoms with Gasteiger partial charge in [0.05, 0.1) is 11.1 Å². The molecule has 7 heteroatoms. The second kappa shape index (κ2) is 9.30. The number of unbranched alkanes of at least 4 members (excludes halogenated alkanes) is 3. The number of carbonyl (C=O) groups is 4. The summed E-state index contributed by atoms with van der Waals surface area (Å²) in [6.45, 7) is 4.04. The number of rotatable bonds is 10. The standard InChI is InChI=1S/C20H26N2O5/c1-13(2)17(18(25)21-12-8-4-3-5-11-16(23)24)22-19(26)14-9-6-7-10-15(14)20(22)27/h6-7,9-10,13,17H,3-5,8,11-12H2,1-2H3,(H,21,25)(H,23,24). The van der Waals surface area contributed by atoms with Crippen molar-refractivity contribution in [3.05, 3.63) is 35.4 Å². The third-order valence-electron chi connectivity index (χ3n) is 4.62. The van der Waals surface area contributed by atoms with Gasteiger partial charge < -0.3 is 10.4 Å². The maximum Gasteiger partial charge on any atom is 0.303 e. The van der Waals surface area contributed by atoms with Gasteiger partial charge >= 0.3 is 5.97 Å². The van der Waals surface area contributed by atoms with Crippen LogP contribution >= 0.6 is 0 Å². The highest BCUT2D eigenvalue weighted by atomic mass is 16.4. The third-order valence-corrected chi connectivity index (χ3v) is 4.62. The van der Waals surface area contributed by atoms with Gasteiger partial charge in [-0.25, -0.2) is 0 Å². The van der Waals surface area contributed by atoms with Crippen molar-refractivity contribution >= 4 is 23.7 Å². The topological polar surface area (TPSA) is 104 Å². The molecule has 1 aliphatic heterocycles. The largest absolute Gasteiger partial charge is 0.481 e. The number of nitrogens with zero attached hydrogens (tertiary/aromatic N) is 1. The first-order valence-electron chi connectivity index (χ1n) is 9.31. The Kier molecular flexibility index (Phi) is 7.10. The molecule has 0 saturated heterocycles. The number of aliphatic carboxylic acids is 1. The highest BCUT2D eigenvalue weighted by molar-refractivity contribution is 6.22. The summed E-state index contributed by atoms with van der Waals surface area (Å²) in [7, 11) is 0. The van der Waals surface area contributed by atoms with Crippen molar-refractivity contribution in [1.29, 1.82) is 0 Å². The summed E-state index contributed by atoms with van der Waals surface area (Å²) in [5.74, 6) is -2.23. The predicted molar refractivity (Wildman–Crippen MR) is 99.3 cm³/mol. The van der Waals surface area contributed by atoms with E-state index in [1.165, 1.54) is 0 Å². The molecule has 0 spiro atoms. The average molecular weight is 374 g/mol. The number of carboxylic acid groups (broad SMARTS) is 1. The Hall–Kier alpha value is -2.70. The Bertz CT molecular complexity index is 694. The van der Waals surface area contributed by atoms with Crippen LogP contribution in [0.2, 0.25) is 0 Å². The first-order chi connectivity index (χ1) is 12.8. The van der Waals surface area contributed by atoms with Gasteiger partial charge in [-0.1, -0.05) is 38.8 Å². The van der Waals surface area contributed by atoms with Crippen molar-refractivity contribution in [2.24, 2.45) is 5.92 Å². The number of hydrogen-bond donors (Lipinski definition) is 2. The van der Waals surface area contributed by atoms with Crippen molar-refractivity contribution < 1.29 is 24.3 Å². The minimum Gasteiger partial charge on any atom is -0.481 e. The molecule has 1 aliphatic rings. The van der Waals surface area contributed by atoms with E-state index in [-0.39, 0.29) is 18.2 Å². The van der Waals surface area contributed by atoms with E-state index in [2.05, 4.69) is 5.32 Å². The normalized spacial score (nSPS) is 14.4. The maximum atomic E-state index is 12.7. The lowest BCUT2D eigenvalue weighted by molar-refractivity contribution is -0.137. The van der Waals surface area contributed by atoms with Gasteiger partial charge in [-0.2, -0.15) is 0 Å². The zero-order valence-electron chi connectivity index (χ0n) is 15.7. The second-order valence-corrected chi connectivity index (χ2v) is 7.06. The molecule has 146 valence electrons. The lowest BCUT2D eigenvalue weighted by Crippen LogP contribution is -2.52. The molecule has 2 rings (SSSR count). The van der Waals surface area contributed by atoms with Crippen LogP contribution in [0.15, 0.2) is 24.3 Å². The second-order valence-electron chi connectivity index (χ2n) is 7.06. The molecule has 1 atom stereocenters. The van der Waals surface area contributed by atoms with Gasteiger partial charge in [-0.05, 0) is 30.9 Å². The summed E-state index contributed by atoms with van der Waals surface area (Å²) in [5, 5.41) is 11.4.